The van der Waals surface area contributed by atoms with Crippen LogP contribution in [0.3, 0.4) is 0 Å². The standard InChI is InChI=1S/C13H15BrN2O3/c1-2-19-12(18)16-15-11(17)13(7-8-13)9-3-5-10(14)6-4-9/h3-6H,2,7-8H2,1H3,(H,15,17)(H,16,18). The third-order valence-corrected chi connectivity index (χ3v) is 3.66. The van der Waals surface area contributed by atoms with Gasteiger partial charge >= 0.3 is 6.09 Å². The highest BCUT2D eigenvalue weighted by atomic mass is 79.9. The zero-order valence-corrected chi connectivity index (χ0v) is 12.1. The molecule has 102 valence electrons. The van der Waals surface area contributed by atoms with Gasteiger partial charge in [-0.3, -0.25) is 10.2 Å². The lowest BCUT2D eigenvalue weighted by Crippen LogP contribution is -2.46. The Hall–Kier alpha value is -1.56. The summed E-state index contributed by atoms with van der Waals surface area (Å²) in [6.45, 7) is 1.96. The summed E-state index contributed by atoms with van der Waals surface area (Å²) in [6.07, 6.45) is 0.915. The van der Waals surface area contributed by atoms with Gasteiger partial charge in [-0.05, 0) is 37.5 Å². The first-order valence-corrected chi connectivity index (χ1v) is 6.87. The van der Waals surface area contributed by atoms with Crippen molar-refractivity contribution >= 4 is 27.9 Å². The van der Waals surface area contributed by atoms with Crippen LogP contribution in [0.15, 0.2) is 28.7 Å². The molecule has 0 radical (unpaired) electrons. The third kappa shape index (κ3) is 3.07. The van der Waals surface area contributed by atoms with E-state index in [1.54, 1.807) is 6.92 Å². The second-order valence-corrected chi connectivity index (χ2v) is 5.30. The second kappa shape index (κ2) is 5.61. The lowest BCUT2D eigenvalue weighted by molar-refractivity contribution is -0.124. The van der Waals surface area contributed by atoms with Crippen molar-refractivity contribution in [2.45, 2.75) is 25.2 Å². The minimum Gasteiger partial charge on any atom is -0.449 e. The molecule has 2 N–H and O–H groups in total. The number of hydrogen-bond acceptors (Lipinski definition) is 3. The summed E-state index contributed by atoms with van der Waals surface area (Å²) >= 11 is 3.36. The molecule has 1 fully saturated rings. The molecule has 1 aliphatic carbocycles. The van der Waals surface area contributed by atoms with Crippen molar-refractivity contribution in [1.82, 2.24) is 10.9 Å². The molecule has 0 aliphatic heterocycles. The maximum Gasteiger partial charge on any atom is 0.426 e. The first kappa shape index (κ1) is 13.9. The number of carbonyl (C=O) groups excluding carboxylic acids is 2. The van der Waals surface area contributed by atoms with Gasteiger partial charge in [-0.2, -0.15) is 0 Å². The number of hydrogen-bond donors (Lipinski definition) is 2. The normalized spacial score (nSPS) is 15.5. The summed E-state index contributed by atoms with van der Waals surface area (Å²) in [5.74, 6) is -0.206. The van der Waals surface area contributed by atoms with Crippen molar-refractivity contribution in [2.75, 3.05) is 6.61 Å². The van der Waals surface area contributed by atoms with Gasteiger partial charge in [0.15, 0.2) is 0 Å². The molecule has 0 bridgehead atoms. The van der Waals surface area contributed by atoms with Crippen LogP contribution < -0.4 is 10.9 Å². The molecule has 0 atom stereocenters. The summed E-state index contributed by atoms with van der Waals surface area (Å²) in [7, 11) is 0. The maximum atomic E-state index is 12.1. The summed E-state index contributed by atoms with van der Waals surface area (Å²) in [5.41, 5.74) is 5.09. The fourth-order valence-electron chi connectivity index (χ4n) is 1.94. The highest BCUT2D eigenvalue weighted by Gasteiger charge is 2.51. The number of halogens is 1. The largest absolute Gasteiger partial charge is 0.449 e. The van der Waals surface area contributed by atoms with Crippen LogP contribution in [-0.2, 0) is 14.9 Å². The summed E-state index contributed by atoms with van der Waals surface area (Å²) in [6, 6.07) is 7.64. The van der Waals surface area contributed by atoms with Crippen molar-refractivity contribution in [2.24, 2.45) is 0 Å². The predicted octanol–water partition coefficient (Wildman–Crippen LogP) is 2.26. The molecule has 1 aromatic rings. The molecule has 0 saturated heterocycles. The quantitative estimate of drug-likeness (QED) is 0.837. The van der Waals surface area contributed by atoms with E-state index in [1.807, 2.05) is 24.3 Å². The van der Waals surface area contributed by atoms with Crippen LogP contribution >= 0.6 is 15.9 Å². The van der Waals surface area contributed by atoms with Gasteiger partial charge in [-0.25, -0.2) is 10.2 Å². The van der Waals surface area contributed by atoms with Crippen molar-refractivity contribution in [3.63, 3.8) is 0 Å². The zero-order chi connectivity index (χ0) is 13.9. The average molecular weight is 327 g/mol. The lowest BCUT2D eigenvalue weighted by atomic mass is 9.95. The third-order valence-electron chi connectivity index (χ3n) is 3.13. The van der Waals surface area contributed by atoms with Gasteiger partial charge in [0, 0.05) is 4.47 Å². The molecule has 0 aromatic heterocycles. The van der Waals surface area contributed by atoms with E-state index in [-0.39, 0.29) is 12.5 Å². The van der Waals surface area contributed by atoms with Crippen molar-refractivity contribution in [1.29, 1.82) is 0 Å². The monoisotopic (exact) mass is 326 g/mol. The van der Waals surface area contributed by atoms with Crippen LogP contribution in [0.4, 0.5) is 4.79 Å². The Kier molecular flexibility index (Phi) is 4.09. The number of benzene rings is 1. The Morgan fingerprint density at radius 1 is 1.26 bits per heavy atom. The Balaban J connectivity index is 1.98. The van der Waals surface area contributed by atoms with Crippen LogP contribution in [0.1, 0.15) is 25.3 Å². The van der Waals surface area contributed by atoms with Gasteiger partial charge in [0.25, 0.3) is 0 Å². The number of amides is 2. The van der Waals surface area contributed by atoms with Gasteiger partial charge in [-0.15, -0.1) is 0 Å². The van der Waals surface area contributed by atoms with Crippen molar-refractivity contribution in [3.05, 3.63) is 34.3 Å². The maximum absolute atomic E-state index is 12.1. The molecule has 5 nitrogen and oxygen atoms in total. The first-order valence-electron chi connectivity index (χ1n) is 6.08. The molecule has 0 spiro atoms. The van der Waals surface area contributed by atoms with Crippen molar-refractivity contribution < 1.29 is 14.3 Å². The minimum atomic E-state index is -0.651. The van der Waals surface area contributed by atoms with Gasteiger partial charge < -0.3 is 4.74 Å². The van der Waals surface area contributed by atoms with E-state index in [0.29, 0.717) is 0 Å². The highest BCUT2D eigenvalue weighted by molar-refractivity contribution is 9.10. The molecule has 6 heteroatoms. The van der Waals surface area contributed by atoms with Crippen LogP contribution in [0.2, 0.25) is 0 Å². The Morgan fingerprint density at radius 2 is 1.89 bits per heavy atom. The number of rotatable bonds is 3. The Bertz CT molecular complexity index is 483. The van der Waals surface area contributed by atoms with E-state index in [1.165, 1.54) is 0 Å². The smallest absolute Gasteiger partial charge is 0.426 e. The average Bonchev–Trinajstić information content (AvgIpc) is 3.19. The summed E-state index contributed by atoms with van der Waals surface area (Å²) < 4.78 is 5.65. The molecule has 1 aliphatic rings. The van der Waals surface area contributed by atoms with Gasteiger partial charge in [0.05, 0.1) is 12.0 Å². The number of ether oxygens (including phenoxy) is 1. The van der Waals surface area contributed by atoms with Crippen LogP contribution in [0.25, 0.3) is 0 Å². The topological polar surface area (TPSA) is 67.4 Å². The van der Waals surface area contributed by atoms with E-state index >= 15 is 0 Å². The molecule has 2 amide bonds. The molecule has 0 heterocycles. The first-order chi connectivity index (χ1) is 9.08. The summed E-state index contributed by atoms with van der Waals surface area (Å²) in [4.78, 5) is 23.3. The summed E-state index contributed by atoms with van der Waals surface area (Å²) in [5, 5.41) is 0. The van der Waals surface area contributed by atoms with Gasteiger partial charge in [-0.1, -0.05) is 28.1 Å². The predicted molar refractivity (Wildman–Crippen MR) is 73.4 cm³/mol. The molecule has 2 rings (SSSR count). The van der Waals surface area contributed by atoms with Gasteiger partial charge in [0.1, 0.15) is 0 Å². The SMILES string of the molecule is CCOC(=O)NNC(=O)C1(c2ccc(Br)cc2)CC1. The Morgan fingerprint density at radius 3 is 2.42 bits per heavy atom. The minimum absolute atomic E-state index is 0.206. The van der Waals surface area contributed by atoms with E-state index < -0.39 is 11.5 Å². The molecular formula is C13H15BrN2O3. The zero-order valence-electron chi connectivity index (χ0n) is 10.5. The Labute approximate surface area is 119 Å². The molecule has 1 saturated carbocycles. The van der Waals surface area contributed by atoms with E-state index in [9.17, 15) is 9.59 Å². The molecule has 0 unspecified atom stereocenters. The number of carbonyl (C=O) groups is 2. The lowest BCUT2D eigenvalue weighted by Gasteiger charge is -2.16. The number of hydrazine groups is 1. The highest BCUT2D eigenvalue weighted by Crippen LogP contribution is 2.48. The fraction of sp³-hybridized carbons (Fsp3) is 0.385. The molecule has 19 heavy (non-hydrogen) atoms. The van der Waals surface area contributed by atoms with Crippen LogP contribution in [0, 0.1) is 0 Å². The van der Waals surface area contributed by atoms with Gasteiger partial charge in [0.2, 0.25) is 5.91 Å². The fourth-order valence-corrected chi connectivity index (χ4v) is 2.20. The number of nitrogens with one attached hydrogen (secondary N) is 2. The van der Waals surface area contributed by atoms with E-state index in [2.05, 4.69) is 31.5 Å². The van der Waals surface area contributed by atoms with E-state index in [4.69, 9.17) is 0 Å². The molecule has 1 aromatic carbocycles. The van der Waals surface area contributed by atoms with Crippen LogP contribution in [-0.4, -0.2) is 18.6 Å². The van der Waals surface area contributed by atoms with E-state index in [0.717, 1.165) is 22.9 Å². The van der Waals surface area contributed by atoms with Crippen molar-refractivity contribution in [3.8, 4) is 0 Å². The molecular weight excluding hydrogens is 312 g/mol. The van der Waals surface area contributed by atoms with Crippen LogP contribution in [0.5, 0.6) is 0 Å². The second-order valence-electron chi connectivity index (χ2n) is 4.39.